The number of hydrogen-bond acceptors (Lipinski definition) is 4. The highest BCUT2D eigenvalue weighted by atomic mass is 35.5. The number of aryl methyl sites for hydroxylation is 2. The summed E-state index contributed by atoms with van der Waals surface area (Å²) in [6.07, 6.45) is 1.51. The first-order valence-electron chi connectivity index (χ1n) is 6.91. The fourth-order valence-corrected chi connectivity index (χ4v) is 2.66. The maximum absolute atomic E-state index is 6.08. The van der Waals surface area contributed by atoms with Crippen LogP contribution in [-0.4, -0.2) is 17.0 Å². The lowest BCUT2D eigenvalue weighted by molar-refractivity contribution is 0.445. The molecule has 0 aliphatic carbocycles. The minimum atomic E-state index is 0.247. The predicted octanol–water partition coefficient (Wildman–Crippen LogP) is 4.70. The molecule has 0 aliphatic heterocycles. The molecule has 0 saturated carbocycles. The van der Waals surface area contributed by atoms with Crippen molar-refractivity contribution in [2.45, 2.75) is 33.6 Å². The van der Waals surface area contributed by atoms with Crippen molar-refractivity contribution >= 4 is 17.4 Å². The van der Waals surface area contributed by atoms with Gasteiger partial charge in [0.1, 0.15) is 17.9 Å². The monoisotopic (exact) mass is 305 g/mol. The zero-order valence-electron chi connectivity index (χ0n) is 13.0. The van der Waals surface area contributed by atoms with E-state index in [1.807, 2.05) is 33.0 Å². The van der Waals surface area contributed by atoms with Crippen LogP contribution in [0, 0.1) is 13.8 Å². The number of halogens is 1. The van der Waals surface area contributed by atoms with E-state index >= 15 is 0 Å². The Labute approximate surface area is 130 Å². The van der Waals surface area contributed by atoms with E-state index in [0.29, 0.717) is 10.9 Å². The molecular formula is C16H20ClN3O. The molecule has 112 valence electrons. The van der Waals surface area contributed by atoms with Gasteiger partial charge < -0.3 is 10.1 Å². The second-order valence-corrected chi connectivity index (χ2v) is 5.75. The van der Waals surface area contributed by atoms with Crippen LogP contribution in [0.25, 0.3) is 0 Å². The van der Waals surface area contributed by atoms with Crippen molar-refractivity contribution < 1.29 is 4.74 Å². The van der Waals surface area contributed by atoms with Gasteiger partial charge in [-0.1, -0.05) is 25.4 Å². The standard InChI is InChI=1S/C16H20ClN3O/c1-9(2)13-15(18-5)19-8-20-16(13)21-14-10(3)6-12(17)7-11(14)4/h6-9H,1-5H3,(H,18,19,20). The molecule has 1 aromatic heterocycles. The lowest BCUT2D eigenvalue weighted by Gasteiger charge is -2.17. The minimum Gasteiger partial charge on any atom is -0.438 e. The van der Waals surface area contributed by atoms with Gasteiger partial charge in [-0.3, -0.25) is 0 Å². The summed E-state index contributed by atoms with van der Waals surface area (Å²) in [6, 6.07) is 3.78. The van der Waals surface area contributed by atoms with Crippen molar-refractivity contribution in [2.75, 3.05) is 12.4 Å². The van der Waals surface area contributed by atoms with E-state index in [1.54, 1.807) is 0 Å². The summed E-state index contributed by atoms with van der Waals surface area (Å²) in [6.45, 7) is 8.13. The van der Waals surface area contributed by atoms with Gasteiger partial charge in [-0.05, 0) is 43.0 Å². The molecule has 0 spiro atoms. The van der Waals surface area contributed by atoms with Gasteiger partial charge in [0.15, 0.2) is 0 Å². The van der Waals surface area contributed by atoms with E-state index in [9.17, 15) is 0 Å². The van der Waals surface area contributed by atoms with Crippen LogP contribution < -0.4 is 10.1 Å². The van der Waals surface area contributed by atoms with Crippen molar-refractivity contribution in [2.24, 2.45) is 0 Å². The quantitative estimate of drug-likeness (QED) is 0.889. The van der Waals surface area contributed by atoms with Crippen LogP contribution in [0.3, 0.4) is 0 Å². The van der Waals surface area contributed by atoms with Gasteiger partial charge in [0.2, 0.25) is 5.88 Å². The average Bonchev–Trinajstić information content (AvgIpc) is 2.42. The van der Waals surface area contributed by atoms with Gasteiger partial charge in [0.25, 0.3) is 0 Å². The lowest BCUT2D eigenvalue weighted by atomic mass is 10.1. The smallest absolute Gasteiger partial charge is 0.227 e. The number of benzene rings is 1. The predicted molar refractivity (Wildman–Crippen MR) is 86.7 cm³/mol. The highest BCUT2D eigenvalue weighted by molar-refractivity contribution is 6.30. The molecule has 5 heteroatoms. The van der Waals surface area contributed by atoms with Gasteiger partial charge >= 0.3 is 0 Å². The minimum absolute atomic E-state index is 0.247. The Balaban J connectivity index is 2.50. The molecule has 4 nitrogen and oxygen atoms in total. The molecule has 1 N–H and O–H groups in total. The average molecular weight is 306 g/mol. The molecule has 0 fully saturated rings. The fourth-order valence-electron chi connectivity index (χ4n) is 2.34. The van der Waals surface area contributed by atoms with Crippen molar-refractivity contribution in [3.05, 3.63) is 40.2 Å². The van der Waals surface area contributed by atoms with Gasteiger partial charge in [-0.2, -0.15) is 0 Å². The third kappa shape index (κ3) is 3.27. The molecule has 0 aliphatic rings. The molecule has 2 rings (SSSR count). The van der Waals surface area contributed by atoms with Crippen LogP contribution in [0.5, 0.6) is 11.6 Å². The maximum atomic E-state index is 6.08. The van der Waals surface area contributed by atoms with Crippen LogP contribution in [0.1, 0.15) is 36.5 Å². The Hall–Kier alpha value is -1.81. The molecule has 0 unspecified atom stereocenters. The second kappa shape index (κ2) is 6.31. The van der Waals surface area contributed by atoms with E-state index in [1.165, 1.54) is 6.33 Å². The molecule has 0 amide bonds. The van der Waals surface area contributed by atoms with Crippen molar-refractivity contribution in [1.82, 2.24) is 9.97 Å². The Kier molecular flexibility index (Phi) is 4.68. The molecule has 0 bridgehead atoms. The maximum Gasteiger partial charge on any atom is 0.227 e. The number of ether oxygens (including phenoxy) is 1. The normalized spacial score (nSPS) is 10.8. The SMILES string of the molecule is CNc1ncnc(Oc2c(C)cc(Cl)cc2C)c1C(C)C. The number of nitrogens with zero attached hydrogens (tertiary/aromatic N) is 2. The van der Waals surface area contributed by atoms with Crippen LogP contribution in [0.15, 0.2) is 18.5 Å². The zero-order chi connectivity index (χ0) is 15.6. The van der Waals surface area contributed by atoms with Crippen LogP contribution in [-0.2, 0) is 0 Å². The van der Waals surface area contributed by atoms with Crippen LogP contribution >= 0.6 is 11.6 Å². The van der Waals surface area contributed by atoms with Gasteiger partial charge in [-0.25, -0.2) is 9.97 Å². The van der Waals surface area contributed by atoms with E-state index < -0.39 is 0 Å². The van der Waals surface area contributed by atoms with Crippen LogP contribution in [0.2, 0.25) is 5.02 Å². The topological polar surface area (TPSA) is 47.0 Å². The largest absolute Gasteiger partial charge is 0.438 e. The lowest BCUT2D eigenvalue weighted by Crippen LogP contribution is -2.05. The number of hydrogen-bond donors (Lipinski definition) is 1. The highest BCUT2D eigenvalue weighted by Crippen LogP contribution is 2.36. The van der Waals surface area contributed by atoms with E-state index in [0.717, 1.165) is 28.3 Å². The molecule has 1 aromatic carbocycles. The Morgan fingerprint density at radius 1 is 1.14 bits per heavy atom. The van der Waals surface area contributed by atoms with Crippen molar-refractivity contribution in [3.8, 4) is 11.6 Å². The van der Waals surface area contributed by atoms with Crippen molar-refractivity contribution in [3.63, 3.8) is 0 Å². The number of nitrogens with one attached hydrogen (secondary N) is 1. The second-order valence-electron chi connectivity index (χ2n) is 5.32. The Morgan fingerprint density at radius 2 is 1.76 bits per heavy atom. The fraction of sp³-hybridized carbons (Fsp3) is 0.375. The number of rotatable bonds is 4. The molecule has 2 aromatic rings. The summed E-state index contributed by atoms with van der Waals surface area (Å²) < 4.78 is 6.08. The first-order chi connectivity index (χ1) is 9.93. The summed E-state index contributed by atoms with van der Waals surface area (Å²) in [5.41, 5.74) is 2.94. The third-order valence-corrected chi connectivity index (χ3v) is 3.50. The van der Waals surface area contributed by atoms with Gasteiger partial charge in [0.05, 0.1) is 5.56 Å². The Bertz CT molecular complexity index is 633. The van der Waals surface area contributed by atoms with E-state index in [4.69, 9.17) is 16.3 Å². The number of aromatic nitrogens is 2. The number of anilines is 1. The third-order valence-electron chi connectivity index (χ3n) is 3.29. The zero-order valence-corrected chi connectivity index (χ0v) is 13.7. The molecule has 0 radical (unpaired) electrons. The Morgan fingerprint density at radius 3 is 2.29 bits per heavy atom. The molecule has 0 atom stereocenters. The first kappa shape index (κ1) is 15.6. The summed E-state index contributed by atoms with van der Waals surface area (Å²) in [5.74, 6) is 2.41. The van der Waals surface area contributed by atoms with E-state index in [-0.39, 0.29) is 5.92 Å². The van der Waals surface area contributed by atoms with Gasteiger partial charge in [0, 0.05) is 12.1 Å². The van der Waals surface area contributed by atoms with Gasteiger partial charge in [-0.15, -0.1) is 0 Å². The highest BCUT2D eigenvalue weighted by Gasteiger charge is 2.17. The first-order valence-corrected chi connectivity index (χ1v) is 7.29. The summed E-state index contributed by atoms with van der Waals surface area (Å²) in [7, 11) is 1.84. The molecule has 0 saturated heterocycles. The van der Waals surface area contributed by atoms with Crippen molar-refractivity contribution in [1.29, 1.82) is 0 Å². The van der Waals surface area contributed by atoms with Crippen LogP contribution in [0.4, 0.5) is 5.82 Å². The molecular weight excluding hydrogens is 286 g/mol. The van der Waals surface area contributed by atoms with E-state index in [2.05, 4.69) is 29.1 Å². The molecule has 1 heterocycles. The summed E-state index contributed by atoms with van der Waals surface area (Å²) in [5, 5.41) is 3.80. The molecule has 21 heavy (non-hydrogen) atoms. The summed E-state index contributed by atoms with van der Waals surface area (Å²) in [4.78, 5) is 8.56. The summed E-state index contributed by atoms with van der Waals surface area (Å²) >= 11 is 6.06.